The largest absolute Gasteiger partial charge is 0.325 e. The first-order valence-electron chi connectivity index (χ1n) is 5.57. The Labute approximate surface area is 115 Å². The highest BCUT2D eigenvalue weighted by atomic mass is 35.5. The Morgan fingerprint density at radius 2 is 1.95 bits per heavy atom. The minimum atomic E-state index is -4.32. The maximum absolute atomic E-state index is 13.1. The Morgan fingerprint density at radius 3 is 2.55 bits per heavy atom. The first-order chi connectivity index (χ1) is 9.36. The van der Waals surface area contributed by atoms with E-state index in [1.165, 1.54) is 18.2 Å². The summed E-state index contributed by atoms with van der Waals surface area (Å²) in [7, 11) is 0. The molecule has 1 aromatic carbocycles. The van der Waals surface area contributed by atoms with Crippen LogP contribution < -0.4 is 5.56 Å². The van der Waals surface area contributed by atoms with Crippen LogP contribution in [0.1, 0.15) is 5.82 Å². The van der Waals surface area contributed by atoms with Crippen LogP contribution in [0.25, 0.3) is 10.9 Å². The molecule has 0 bridgehead atoms. The summed E-state index contributed by atoms with van der Waals surface area (Å²) in [5.41, 5.74) is -0.531. The molecule has 1 aromatic heterocycles. The molecule has 0 radical (unpaired) electrons. The molecule has 0 aliphatic heterocycles. The quantitative estimate of drug-likeness (QED) is 0.643. The van der Waals surface area contributed by atoms with Gasteiger partial charge >= 0.3 is 12.3 Å². The molecule has 0 atom stereocenters. The maximum atomic E-state index is 13.1. The molecule has 0 N–H and O–H groups in total. The summed E-state index contributed by atoms with van der Waals surface area (Å²) in [4.78, 5) is 16.0. The Hall–Kier alpha value is -1.63. The highest BCUT2D eigenvalue weighted by molar-refractivity contribution is 6.16. The molecular weight excluding hydrogens is 300 g/mol. The van der Waals surface area contributed by atoms with Crippen LogP contribution in [-0.4, -0.2) is 21.9 Å². The van der Waals surface area contributed by atoms with E-state index >= 15 is 0 Å². The molecule has 2 aromatic rings. The fourth-order valence-corrected chi connectivity index (χ4v) is 1.96. The zero-order chi connectivity index (χ0) is 14.9. The molecule has 1 heterocycles. The molecule has 0 spiro atoms. The number of rotatable bonds is 4. The molecule has 20 heavy (non-hydrogen) atoms. The number of halogens is 5. The second-order valence-corrected chi connectivity index (χ2v) is 4.40. The third kappa shape index (κ3) is 2.63. The molecule has 0 unspecified atom stereocenters. The van der Waals surface area contributed by atoms with E-state index in [1.54, 1.807) is 6.07 Å². The summed E-state index contributed by atoms with van der Waals surface area (Å²) in [6.45, 7) is -1.45. The molecule has 108 valence electrons. The Bertz CT molecular complexity index is 687. The van der Waals surface area contributed by atoms with Gasteiger partial charge in [0.15, 0.2) is 0 Å². The molecule has 0 aliphatic carbocycles. The van der Waals surface area contributed by atoms with Crippen molar-refractivity contribution in [3.05, 3.63) is 40.4 Å². The van der Waals surface area contributed by atoms with Crippen molar-refractivity contribution in [2.45, 2.75) is 24.8 Å². The first kappa shape index (κ1) is 14.8. The summed E-state index contributed by atoms with van der Waals surface area (Å²) in [6, 6.07) is 6.05. The van der Waals surface area contributed by atoms with Crippen molar-refractivity contribution < 1.29 is 17.6 Å². The van der Waals surface area contributed by atoms with E-state index in [0.717, 1.165) is 0 Å². The molecular formula is C12H9ClF4N2O. The van der Waals surface area contributed by atoms with Crippen LogP contribution >= 0.6 is 11.6 Å². The van der Waals surface area contributed by atoms with E-state index in [1.807, 2.05) is 0 Å². The second-order valence-electron chi connectivity index (χ2n) is 4.13. The van der Waals surface area contributed by atoms with Gasteiger partial charge in [0, 0.05) is 0 Å². The molecule has 0 amide bonds. The monoisotopic (exact) mass is 308 g/mol. The number of nitrogens with zero attached hydrogens (tertiary/aromatic N) is 2. The molecule has 0 saturated heterocycles. The van der Waals surface area contributed by atoms with Gasteiger partial charge in [-0.15, -0.1) is 11.6 Å². The third-order valence-corrected chi connectivity index (χ3v) is 2.99. The number of alkyl halides is 5. The Morgan fingerprint density at radius 1 is 1.30 bits per heavy atom. The summed E-state index contributed by atoms with van der Waals surface area (Å²) in [5, 5.41) is 0.0754. The minimum absolute atomic E-state index is 0.0754. The molecule has 2 rings (SSSR count). The average molecular weight is 309 g/mol. The number of fused-ring (bicyclic) bond motifs is 1. The van der Waals surface area contributed by atoms with E-state index in [2.05, 4.69) is 4.98 Å². The van der Waals surface area contributed by atoms with E-state index in [9.17, 15) is 22.4 Å². The molecule has 0 aliphatic rings. The number of hydrogen-bond donors (Lipinski definition) is 0. The topological polar surface area (TPSA) is 34.9 Å². The van der Waals surface area contributed by atoms with Crippen LogP contribution in [0.15, 0.2) is 29.1 Å². The van der Waals surface area contributed by atoms with E-state index in [0.29, 0.717) is 4.57 Å². The summed E-state index contributed by atoms with van der Waals surface area (Å²) >= 11 is 5.56. The fourth-order valence-electron chi connectivity index (χ4n) is 1.76. The summed E-state index contributed by atoms with van der Waals surface area (Å²) < 4.78 is 51.3. The SMILES string of the molecule is O=c1c2ccccc2nc(CCl)n1CC(F)(F)C(F)F. The number of hydrogen-bond acceptors (Lipinski definition) is 2. The standard InChI is InChI=1S/C12H9ClF4N2O/c13-5-9-18-8-4-2-1-3-7(8)10(20)19(9)6-12(16,17)11(14)15/h1-4,11H,5-6H2. The van der Waals surface area contributed by atoms with Crippen LogP contribution in [0.4, 0.5) is 17.6 Å². The minimum Gasteiger partial charge on any atom is -0.289 e. The van der Waals surface area contributed by atoms with Crippen molar-refractivity contribution in [3.63, 3.8) is 0 Å². The highest BCUT2D eigenvalue weighted by Crippen LogP contribution is 2.25. The van der Waals surface area contributed by atoms with Crippen molar-refractivity contribution in [1.29, 1.82) is 0 Å². The maximum Gasteiger partial charge on any atom is 0.325 e. The Kier molecular flexibility index (Phi) is 3.99. The van der Waals surface area contributed by atoms with Gasteiger partial charge < -0.3 is 0 Å². The number of para-hydroxylation sites is 1. The van der Waals surface area contributed by atoms with Crippen LogP contribution in [0.3, 0.4) is 0 Å². The van der Waals surface area contributed by atoms with Crippen molar-refractivity contribution >= 4 is 22.5 Å². The van der Waals surface area contributed by atoms with Gasteiger partial charge in [-0.3, -0.25) is 9.36 Å². The van der Waals surface area contributed by atoms with Crippen LogP contribution in [0, 0.1) is 0 Å². The van der Waals surface area contributed by atoms with E-state index in [4.69, 9.17) is 11.6 Å². The Balaban J connectivity index is 2.63. The van der Waals surface area contributed by atoms with Gasteiger partial charge in [-0.1, -0.05) is 12.1 Å². The van der Waals surface area contributed by atoms with Gasteiger partial charge in [0.25, 0.3) is 5.56 Å². The summed E-state index contributed by atoms with van der Waals surface area (Å²) in [5.74, 6) is -4.83. The number of aromatic nitrogens is 2. The number of benzene rings is 1. The van der Waals surface area contributed by atoms with Gasteiger partial charge in [0.2, 0.25) is 0 Å². The second kappa shape index (κ2) is 5.40. The van der Waals surface area contributed by atoms with Crippen molar-refractivity contribution in [3.8, 4) is 0 Å². The van der Waals surface area contributed by atoms with E-state index in [-0.39, 0.29) is 22.6 Å². The van der Waals surface area contributed by atoms with Crippen LogP contribution in [0.2, 0.25) is 0 Å². The lowest BCUT2D eigenvalue weighted by molar-refractivity contribution is -0.138. The van der Waals surface area contributed by atoms with Gasteiger partial charge in [0.1, 0.15) is 5.82 Å². The summed E-state index contributed by atoms with van der Waals surface area (Å²) in [6.07, 6.45) is -3.87. The van der Waals surface area contributed by atoms with E-state index < -0.39 is 24.5 Å². The molecule has 8 heteroatoms. The fraction of sp³-hybridized carbons (Fsp3) is 0.333. The first-order valence-corrected chi connectivity index (χ1v) is 6.10. The van der Waals surface area contributed by atoms with Gasteiger partial charge in [-0.05, 0) is 12.1 Å². The lowest BCUT2D eigenvalue weighted by Crippen LogP contribution is -2.38. The molecule has 0 saturated carbocycles. The average Bonchev–Trinajstić information content (AvgIpc) is 2.41. The molecule has 0 fully saturated rings. The predicted octanol–water partition coefficient (Wildman–Crippen LogP) is 3.04. The van der Waals surface area contributed by atoms with Crippen molar-refractivity contribution in [2.24, 2.45) is 0 Å². The van der Waals surface area contributed by atoms with Gasteiger partial charge in [-0.25, -0.2) is 13.8 Å². The van der Waals surface area contributed by atoms with Gasteiger partial charge in [-0.2, -0.15) is 8.78 Å². The zero-order valence-electron chi connectivity index (χ0n) is 9.99. The van der Waals surface area contributed by atoms with Crippen LogP contribution in [0.5, 0.6) is 0 Å². The van der Waals surface area contributed by atoms with Crippen LogP contribution in [-0.2, 0) is 12.4 Å². The predicted molar refractivity (Wildman–Crippen MR) is 66.5 cm³/mol. The zero-order valence-corrected chi connectivity index (χ0v) is 10.7. The molecule has 3 nitrogen and oxygen atoms in total. The van der Waals surface area contributed by atoms with Crippen molar-refractivity contribution in [1.82, 2.24) is 9.55 Å². The highest BCUT2D eigenvalue weighted by Gasteiger charge is 2.42. The van der Waals surface area contributed by atoms with Gasteiger partial charge in [0.05, 0.1) is 23.3 Å². The third-order valence-electron chi connectivity index (χ3n) is 2.75. The lowest BCUT2D eigenvalue weighted by Gasteiger charge is -2.18. The van der Waals surface area contributed by atoms with Crippen molar-refractivity contribution in [2.75, 3.05) is 0 Å². The lowest BCUT2D eigenvalue weighted by atomic mass is 10.2. The smallest absolute Gasteiger partial charge is 0.289 e. The normalized spacial score (nSPS) is 12.3.